The Hall–Kier alpha value is -1.10. The maximum atomic E-state index is 11.3. The Kier molecular flexibility index (Phi) is 4.68. The second-order valence-corrected chi connectivity index (χ2v) is 6.91. The lowest BCUT2D eigenvalue weighted by Crippen LogP contribution is -2.39. The van der Waals surface area contributed by atoms with Gasteiger partial charge in [0.15, 0.2) is 5.13 Å². The first-order valence-electron chi connectivity index (χ1n) is 7.43. The number of carboxylic acids is 1. The van der Waals surface area contributed by atoms with Gasteiger partial charge in [-0.2, -0.15) is 0 Å². The zero-order chi connectivity index (χ0) is 14.8. The number of aliphatic carboxylic acids is 1. The van der Waals surface area contributed by atoms with Gasteiger partial charge in [-0.05, 0) is 39.5 Å². The Labute approximate surface area is 124 Å². The third-order valence-corrected chi connectivity index (χ3v) is 5.04. The molecule has 1 unspecified atom stereocenters. The van der Waals surface area contributed by atoms with E-state index in [4.69, 9.17) is 0 Å². The first-order chi connectivity index (χ1) is 9.46. The van der Waals surface area contributed by atoms with Crippen molar-refractivity contribution in [2.75, 3.05) is 11.4 Å². The van der Waals surface area contributed by atoms with Crippen molar-refractivity contribution < 1.29 is 9.90 Å². The Balaban J connectivity index is 2.20. The van der Waals surface area contributed by atoms with Gasteiger partial charge in [-0.15, -0.1) is 11.3 Å². The van der Waals surface area contributed by atoms with Crippen LogP contribution >= 0.6 is 11.3 Å². The number of aromatic nitrogens is 1. The lowest BCUT2D eigenvalue weighted by atomic mass is 9.90. The van der Waals surface area contributed by atoms with E-state index in [-0.39, 0.29) is 0 Å². The minimum absolute atomic E-state index is 0.570. The van der Waals surface area contributed by atoms with Gasteiger partial charge < -0.3 is 10.0 Å². The standard InChI is InChI=1S/C15H24N2O2S/c1-4-7-11-8-5-6-9-17(11)14-16-12(10-20-14)15(2,3)13(18)19/h10-11H,4-9H2,1-3H3,(H,18,19). The number of nitrogens with zero attached hydrogens (tertiary/aromatic N) is 2. The summed E-state index contributed by atoms with van der Waals surface area (Å²) >= 11 is 1.58. The van der Waals surface area contributed by atoms with Crippen molar-refractivity contribution in [1.29, 1.82) is 0 Å². The lowest BCUT2D eigenvalue weighted by molar-refractivity contribution is -0.142. The van der Waals surface area contributed by atoms with Crippen molar-refractivity contribution in [3.63, 3.8) is 0 Å². The summed E-state index contributed by atoms with van der Waals surface area (Å²) < 4.78 is 0. The molecular formula is C15H24N2O2S. The summed E-state index contributed by atoms with van der Waals surface area (Å²) in [6, 6.07) is 0.570. The summed E-state index contributed by atoms with van der Waals surface area (Å²) in [6.07, 6.45) is 6.10. The molecule has 2 rings (SSSR count). The third-order valence-electron chi connectivity index (χ3n) is 4.16. The number of hydrogen-bond acceptors (Lipinski definition) is 4. The molecule has 0 bridgehead atoms. The molecule has 112 valence electrons. The second kappa shape index (κ2) is 6.12. The highest BCUT2D eigenvalue weighted by atomic mass is 32.1. The number of carbonyl (C=O) groups is 1. The van der Waals surface area contributed by atoms with Crippen LogP contribution in [-0.2, 0) is 10.2 Å². The molecule has 1 N–H and O–H groups in total. The molecule has 20 heavy (non-hydrogen) atoms. The molecule has 0 aromatic carbocycles. The highest BCUT2D eigenvalue weighted by molar-refractivity contribution is 7.13. The maximum Gasteiger partial charge on any atom is 0.315 e. The lowest BCUT2D eigenvalue weighted by Gasteiger charge is -2.35. The minimum atomic E-state index is -0.912. The van der Waals surface area contributed by atoms with Crippen LogP contribution < -0.4 is 4.90 Å². The van der Waals surface area contributed by atoms with Crippen LogP contribution in [0.15, 0.2) is 5.38 Å². The maximum absolute atomic E-state index is 11.3. The molecule has 1 aliphatic rings. The fourth-order valence-electron chi connectivity index (χ4n) is 2.68. The molecule has 5 heteroatoms. The number of anilines is 1. The number of rotatable bonds is 5. The van der Waals surface area contributed by atoms with Crippen LogP contribution in [-0.4, -0.2) is 28.6 Å². The first-order valence-corrected chi connectivity index (χ1v) is 8.30. The predicted molar refractivity (Wildman–Crippen MR) is 82.7 cm³/mol. The molecule has 2 heterocycles. The van der Waals surface area contributed by atoms with Gasteiger partial charge in [-0.3, -0.25) is 4.79 Å². The normalized spacial score (nSPS) is 20.1. The van der Waals surface area contributed by atoms with Gasteiger partial charge in [0, 0.05) is 18.0 Å². The van der Waals surface area contributed by atoms with Gasteiger partial charge in [-0.25, -0.2) is 4.98 Å². The first kappa shape index (κ1) is 15.3. The molecule has 0 radical (unpaired) electrons. The monoisotopic (exact) mass is 296 g/mol. The van der Waals surface area contributed by atoms with E-state index >= 15 is 0 Å². The van der Waals surface area contributed by atoms with Gasteiger partial charge in [0.05, 0.1) is 5.69 Å². The van der Waals surface area contributed by atoms with Crippen LogP contribution in [0, 0.1) is 0 Å². The number of carboxylic acid groups (broad SMARTS) is 1. The topological polar surface area (TPSA) is 53.4 Å². The largest absolute Gasteiger partial charge is 0.481 e. The molecule has 0 amide bonds. The van der Waals surface area contributed by atoms with Gasteiger partial charge in [0.2, 0.25) is 0 Å². The summed E-state index contributed by atoms with van der Waals surface area (Å²) in [4.78, 5) is 18.3. The van der Waals surface area contributed by atoms with E-state index in [2.05, 4.69) is 16.8 Å². The van der Waals surface area contributed by atoms with Crippen molar-refractivity contribution in [2.24, 2.45) is 0 Å². The van der Waals surface area contributed by atoms with Crippen molar-refractivity contribution >= 4 is 22.4 Å². The Bertz CT molecular complexity index is 468. The molecule has 0 aliphatic carbocycles. The van der Waals surface area contributed by atoms with E-state index in [0.29, 0.717) is 11.7 Å². The van der Waals surface area contributed by atoms with Crippen molar-refractivity contribution in [3.05, 3.63) is 11.1 Å². The van der Waals surface area contributed by atoms with Crippen molar-refractivity contribution in [2.45, 2.75) is 64.3 Å². The summed E-state index contributed by atoms with van der Waals surface area (Å²) in [5, 5.41) is 12.2. The van der Waals surface area contributed by atoms with Gasteiger partial charge in [0.1, 0.15) is 5.41 Å². The number of thiazole rings is 1. The summed E-state index contributed by atoms with van der Waals surface area (Å²) in [7, 11) is 0. The molecule has 1 fully saturated rings. The molecule has 0 saturated carbocycles. The fraction of sp³-hybridized carbons (Fsp3) is 0.733. The summed E-state index contributed by atoms with van der Waals surface area (Å²) in [5.74, 6) is -0.821. The zero-order valence-corrected chi connectivity index (χ0v) is 13.4. The van der Waals surface area contributed by atoms with E-state index in [1.165, 1.54) is 32.1 Å². The molecule has 1 aromatic rings. The molecule has 1 atom stereocenters. The van der Waals surface area contributed by atoms with E-state index in [1.807, 2.05) is 5.38 Å². The van der Waals surface area contributed by atoms with Gasteiger partial charge in [-0.1, -0.05) is 13.3 Å². The van der Waals surface area contributed by atoms with E-state index in [1.54, 1.807) is 25.2 Å². The van der Waals surface area contributed by atoms with Crippen LogP contribution in [0.1, 0.15) is 58.6 Å². The smallest absolute Gasteiger partial charge is 0.315 e. The number of hydrogen-bond donors (Lipinski definition) is 1. The SMILES string of the molecule is CCCC1CCCCN1c1nc(C(C)(C)C(=O)O)cs1. The molecule has 1 aliphatic heterocycles. The minimum Gasteiger partial charge on any atom is -0.481 e. The Morgan fingerprint density at radius 2 is 2.30 bits per heavy atom. The quantitative estimate of drug-likeness (QED) is 0.901. The Morgan fingerprint density at radius 3 is 2.95 bits per heavy atom. The predicted octanol–water partition coefficient (Wildman–Crippen LogP) is 3.66. The zero-order valence-electron chi connectivity index (χ0n) is 12.6. The molecular weight excluding hydrogens is 272 g/mol. The average molecular weight is 296 g/mol. The molecule has 1 aromatic heterocycles. The molecule has 4 nitrogen and oxygen atoms in total. The van der Waals surface area contributed by atoms with Crippen LogP contribution in [0.3, 0.4) is 0 Å². The molecule has 1 saturated heterocycles. The number of piperidine rings is 1. The Morgan fingerprint density at radius 1 is 1.55 bits per heavy atom. The van der Waals surface area contributed by atoms with Crippen LogP contribution in [0.5, 0.6) is 0 Å². The average Bonchev–Trinajstić information content (AvgIpc) is 2.89. The fourth-order valence-corrected chi connectivity index (χ4v) is 3.77. The van der Waals surface area contributed by atoms with Crippen LogP contribution in [0.4, 0.5) is 5.13 Å². The second-order valence-electron chi connectivity index (χ2n) is 6.08. The third kappa shape index (κ3) is 2.97. The highest BCUT2D eigenvalue weighted by Gasteiger charge is 2.33. The summed E-state index contributed by atoms with van der Waals surface area (Å²) in [6.45, 7) is 6.69. The van der Waals surface area contributed by atoms with Crippen LogP contribution in [0.2, 0.25) is 0 Å². The summed E-state index contributed by atoms with van der Waals surface area (Å²) in [5.41, 5.74) is -0.240. The van der Waals surface area contributed by atoms with E-state index in [0.717, 1.165) is 11.7 Å². The van der Waals surface area contributed by atoms with Gasteiger partial charge in [0.25, 0.3) is 0 Å². The highest BCUT2D eigenvalue weighted by Crippen LogP contribution is 2.33. The van der Waals surface area contributed by atoms with E-state index in [9.17, 15) is 9.90 Å². The van der Waals surface area contributed by atoms with Crippen LogP contribution in [0.25, 0.3) is 0 Å². The van der Waals surface area contributed by atoms with Crippen molar-refractivity contribution in [1.82, 2.24) is 4.98 Å². The van der Waals surface area contributed by atoms with Gasteiger partial charge >= 0.3 is 5.97 Å². The van der Waals surface area contributed by atoms with Crippen molar-refractivity contribution in [3.8, 4) is 0 Å². The van der Waals surface area contributed by atoms with E-state index < -0.39 is 11.4 Å². The molecule has 0 spiro atoms.